The second kappa shape index (κ2) is 9.18. The zero-order valence-corrected chi connectivity index (χ0v) is 14.9. The second-order valence-corrected chi connectivity index (χ2v) is 6.57. The highest BCUT2D eigenvalue weighted by atomic mass is 79.9. The van der Waals surface area contributed by atoms with Gasteiger partial charge >= 0.3 is 0 Å². The first-order valence-corrected chi connectivity index (χ1v) is 8.21. The Labute approximate surface area is 136 Å². The Hall–Kier alpha value is -0.910. The minimum absolute atomic E-state index is 0.0158. The van der Waals surface area contributed by atoms with Crippen LogP contribution < -0.4 is 10.6 Å². The summed E-state index contributed by atoms with van der Waals surface area (Å²) in [5, 5.41) is 6.06. The third-order valence-electron chi connectivity index (χ3n) is 3.29. The summed E-state index contributed by atoms with van der Waals surface area (Å²) < 4.78 is 1.00. The van der Waals surface area contributed by atoms with E-state index in [1.165, 1.54) is 0 Å². The molecule has 21 heavy (non-hydrogen) atoms. The molecule has 4 nitrogen and oxygen atoms in total. The lowest BCUT2D eigenvalue weighted by Gasteiger charge is -2.30. The summed E-state index contributed by atoms with van der Waals surface area (Å²) in [5.74, 6) is -0.0158. The Balaban J connectivity index is 2.26. The number of hydrogen-bond acceptors (Lipinski definition) is 3. The van der Waals surface area contributed by atoms with E-state index in [4.69, 9.17) is 0 Å². The molecule has 0 heterocycles. The fraction of sp³-hybridized carbons (Fsp3) is 0.562. The Bertz CT molecular complexity index is 424. The summed E-state index contributed by atoms with van der Waals surface area (Å²) in [6, 6.07) is 8.60. The molecule has 1 aromatic rings. The molecule has 0 unspecified atom stereocenters. The predicted molar refractivity (Wildman–Crippen MR) is 92.6 cm³/mol. The molecule has 0 aliphatic heterocycles. The molecule has 0 spiro atoms. The van der Waals surface area contributed by atoms with Crippen molar-refractivity contribution in [3.8, 4) is 0 Å². The maximum absolute atomic E-state index is 11.8. The second-order valence-electron chi connectivity index (χ2n) is 5.66. The van der Waals surface area contributed by atoms with E-state index in [0.717, 1.165) is 23.2 Å². The monoisotopic (exact) mass is 355 g/mol. The molecular weight excluding hydrogens is 330 g/mol. The molecular formula is C16H26BrN3O. The molecule has 0 saturated heterocycles. The van der Waals surface area contributed by atoms with Crippen LogP contribution in [0.4, 0.5) is 5.69 Å². The molecule has 5 heteroatoms. The normalized spacial score (nSPS) is 11.4. The SMILES string of the molecule is CC(C)N(CCNCC(=O)Nc1ccc(Br)cc1)C(C)C. The average molecular weight is 356 g/mol. The van der Waals surface area contributed by atoms with E-state index in [1.807, 2.05) is 24.3 Å². The van der Waals surface area contributed by atoms with Crippen molar-refractivity contribution in [3.05, 3.63) is 28.7 Å². The molecule has 0 atom stereocenters. The zero-order valence-electron chi connectivity index (χ0n) is 13.3. The molecule has 0 aliphatic rings. The maximum Gasteiger partial charge on any atom is 0.238 e. The highest BCUT2D eigenvalue weighted by molar-refractivity contribution is 9.10. The Morgan fingerprint density at radius 1 is 1.14 bits per heavy atom. The quantitative estimate of drug-likeness (QED) is 0.704. The highest BCUT2D eigenvalue weighted by Gasteiger charge is 2.12. The van der Waals surface area contributed by atoms with Gasteiger partial charge in [0.1, 0.15) is 0 Å². The molecule has 118 valence electrons. The summed E-state index contributed by atoms with van der Waals surface area (Å²) in [6.07, 6.45) is 0. The van der Waals surface area contributed by atoms with Crippen LogP contribution in [0.25, 0.3) is 0 Å². The van der Waals surface area contributed by atoms with Crippen LogP contribution in [0.5, 0.6) is 0 Å². The van der Waals surface area contributed by atoms with Gasteiger partial charge in [0.15, 0.2) is 0 Å². The van der Waals surface area contributed by atoms with E-state index in [-0.39, 0.29) is 5.91 Å². The van der Waals surface area contributed by atoms with Gasteiger partial charge in [0.2, 0.25) is 5.91 Å². The smallest absolute Gasteiger partial charge is 0.238 e. The Kier molecular flexibility index (Phi) is 7.93. The number of amides is 1. The van der Waals surface area contributed by atoms with Crippen LogP contribution in [0.1, 0.15) is 27.7 Å². The van der Waals surface area contributed by atoms with Crippen LogP contribution >= 0.6 is 15.9 Å². The molecule has 0 radical (unpaired) electrons. The van der Waals surface area contributed by atoms with Crippen molar-refractivity contribution in [3.63, 3.8) is 0 Å². The van der Waals surface area contributed by atoms with Crippen molar-refractivity contribution < 1.29 is 4.79 Å². The van der Waals surface area contributed by atoms with Crippen LogP contribution in [0.15, 0.2) is 28.7 Å². The van der Waals surface area contributed by atoms with Crippen molar-refractivity contribution in [2.75, 3.05) is 25.0 Å². The molecule has 1 amide bonds. The van der Waals surface area contributed by atoms with Gasteiger partial charge in [0.25, 0.3) is 0 Å². The first-order chi connectivity index (χ1) is 9.90. The third kappa shape index (κ3) is 7.07. The number of nitrogens with one attached hydrogen (secondary N) is 2. The fourth-order valence-electron chi connectivity index (χ4n) is 2.26. The molecule has 0 fully saturated rings. The van der Waals surface area contributed by atoms with Crippen LogP contribution in [0, 0.1) is 0 Å². The van der Waals surface area contributed by atoms with E-state index in [0.29, 0.717) is 18.6 Å². The van der Waals surface area contributed by atoms with Gasteiger partial charge < -0.3 is 10.6 Å². The van der Waals surface area contributed by atoms with Gasteiger partial charge in [-0.3, -0.25) is 9.69 Å². The van der Waals surface area contributed by atoms with Gasteiger partial charge in [-0.1, -0.05) is 15.9 Å². The summed E-state index contributed by atoms with van der Waals surface area (Å²) >= 11 is 3.37. The number of carbonyl (C=O) groups excluding carboxylic acids is 1. The lowest BCUT2D eigenvalue weighted by molar-refractivity contribution is -0.115. The lowest BCUT2D eigenvalue weighted by Crippen LogP contribution is -2.42. The maximum atomic E-state index is 11.8. The highest BCUT2D eigenvalue weighted by Crippen LogP contribution is 2.13. The number of carbonyl (C=O) groups is 1. The Morgan fingerprint density at radius 3 is 2.24 bits per heavy atom. The summed E-state index contributed by atoms with van der Waals surface area (Å²) in [6.45, 7) is 10.9. The molecule has 0 saturated carbocycles. The van der Waals surface area contributed by atoms with Gasteiger partial charge in [0.05, 0.1) is 6.54 Å². The number of benzene rings is 1. The van der Waals surface area contributed by atoms with Crippen LogP contribution in [-0.4, -0.2) is 42.5 Å². The fourth-order valence-corrected chi connectivity index (χ4v) is 2.53. The first kappa shape index (κ1) is 18.1. The van der Waals surface area contributed by atoms with E-state index < -0.39 is 0 Å². The average Bonchev–Trinajstić information content (AvgIpc) is 2.40. The molecule has 0 aliphatic carbocycles. The van der Waals surface area contributed by atoms with E-state index >= 15 is 0 Å². The van der Waals surface area contributed by atoms with Crippen molar-refractivity contribution in [2.45, 2.75) is 39.8 Å². The summed E-state index contributed by atoms with van der Waals surface area (Å²) in [5.41, 5.74) is 0.816. The van der Waals surface area contributed by atoms with Gasteiger partial charge in [-0.15, -0.1) is 0 Å². The summed E-state index contributed by atoms with van der Waals surface area (Å²) in [7, 11) is 0. The van der Waals surface area contributed by atoms with Gasteiger partial charge in [-0.25, -0.2) is 0 Å². The number of anilines is 1. The zero-order chi connectivity index (χ0) is 15.8. The molecule has 0 bridgehead atoms. The standard InChI is InChI=1S/C16H26BrN3O/c1-12(2)20(13(3)4)10-9-18-11-16(21)19-15-7-5-14(17)6-8-15/h5-8,12-13,18H,9-11H2,1-4H3,(H,19,21). The molecule has 0 aromatic heterocycles. The number of hydrogen-bond donors (Lipinski definition) is 2. The minimum Gasteiger partial charge on any atom is -0.325 e. The van der Waals surface area contributed by atoms with Crippen molar-refractivity contribution >= 4 is 27.5 Å². The molecule has 1 aromatic carbocycles. The van der Waals surface area contributed by atoms with Crippen LogP contribution in [-0.2, 0) is 4.79 Å². The largest absolute Gasteiger partial charge is 0.325 e. The lowest BCUT2D eigenvalue weighted by atomic mass is 10.2. The van der Waals surface area contributed by atoms with Crippen molar-refractivity contribution in [2.24, 2.45) is 0 Å². The van der Waals surface area contributed by atoms with Crippen molar-refractivity contribution in [1.29, 1.82) is 0 Å². The number of nitrogens with zero attached hydrogens (tertiary/aromatic N) is 1. The van der Waals surface area contributed by atoms with Gasteiger partial charge in [0, 0.05) is 35.3 Å². The van der Waals surface area contributed by atoms with E-state index in [2.05, 4.69) is 59.2 Å². The minimum atomic E-state index is -0.0158. The van der Waals surface area contributed by atoms with E-state index in [1.54, 1.807) is 0 Å². The van der Waals surface area contributed by atoms with Gasteiger partial charge in [-0.2, -0.15) is 0 Å². The van der Waals surface area contributed by atoms with Crippen LogP contribution in [0.3, 0.4) is 0 Å². The van der Waals surface area contributed by atoms with E-state index in [9.17, 15) is 4.79 Å². The third-order valence-corrected chi connectivity index (χ3v) is 3.82. The van der Waals surface area contributed by atoms with Gasteiger partial charge in [-0.05, 0) is 52.0 Å². The molecule has 2 N–H and O–H groups in total. The number of rotatable bonds is 8. The molecule has 1 rings (SSSR count). The number of halogens is 1. The van der Waals surface area contributed by atoms with Crippen molar-refractivity contribution in [1.82, 2.24) is 10.2 Å². The topological polar surface area (TPSA) is 44.4 Å². The first-order valence-electron chi connectivity index (χ1n) is 7.42. The summed E-state index contributed by atoms with van der Waals surface area (Å²) in [4.78, 5) is 14.2. The predicted octanol–water partition coefficient (Wildman–Crippen LogP) is 3.10. The Morgan fingerprint density at radius 2 is 1.71 bits per heavy atom. The van der Waals surface area contributed by atoms with Crippen LogP contribution in [0.2, 0.25) is 0 Å².